The van der Waals surface area contributed by atoms with E-state index in [1.165, 1.54) is 6.20 Å². The van der Waals surface area contributed by atoms with Gasteiger partial charge >= 0.3 is 0 Å². The third kappa shape index (κ3) is 3.80. The molecule has 8 heteroatoms. The third-order valence-corrected chi connectivity index (χ3v) is 5.83. The summed E-state index contributed by atoms with van der Waals surface area (Å²) in [5.74, 6) is -0.603. The predicted octanol–water partition coefficient (Wildman–Crippen LogP) is 3.59. The molecule has 4 heterocycles. The number of pyridine rings is 2. The number of aryl methyl sites for hydroxylation is 1. The van der Waals surface area contributed by atoms with Gasteiger partial charge in [0.05, 0.1) is 34.2 Å². The molecule has 1 saturated heterocycles. The number of ether oxygens (including phenoxy) is 1. The molecule has 0 spiro atoms. The predicted molar refractivity (Wildman–Crippen MR) is 117 cm³/mol. The summed E-state index contributed by atoms with van der Waals surface area (Å²) in [6.45, 7) is 3.38. The summed E-state index contributed by atoms with van der Waals surface area (Å²) in [5, 5.41) is 13.4. The SMILES string of the molecule is O=C(NO)c1cnc2cc(N3CCCc4ncccc43)ccc2c1NC1[CH]OCCC1. The van der Waals surface area contributed by atoms with E-state index in [-0.39, 0.29) is 11.6 Å². The van der Waals surface area contributed by atoms with E-state index >= 15 is 0 Å². The van der Waals surface area contributed by atoms with Crippen LogP contribution in [0.1, 0.15) is 35.3 Å². The van der Waals surface area contributed by atoms with Crippen molar-refractivity contribution < 1.29 is 14.7 Å². The molecule has 1 atom stereocenters. The van der Waals surface area contributed by atoms with E-state index in [1.54, 1.807) is 12.1 Å². The van der Waals surface area contributed by atoms with Gasteiger partial charge in [-0.1, -0.05) is 0 Å². The van der Waals surface area contributed by atoms with E-state index in [4.69, 9.17) is 4.74 Å². The fourth-order valence-corrected chi connectivity index (χ4v) is 4.33. The molecule has 1 aromatic carbocycles. The Balaban J connectivity index is 1.56. The van der Waals surface area contributed by atoms with Gasteiger partial charge in [0.15, 0.2) is 0 Å². The number of anilines is 3. The number of fused-ring (bicyclic) bond motifs is 2. The quantitative estimate of drug-likeness (QED) is 0.440. The monoisotopic (exact) mass is 418 g/mol. The van der Waals surface area contributed by atoms with Gasteiger partial charge in [-0.3, -0.25) is 20.0 Å². The number of amides is 1. The Kier molecular flexibility index (Phi) is 5.40. The lowest BCUT2D eigenvalue weighted by Gasteiger charge is -2.31. The first-order valence-corrected chi connectivity index (χ1v) is 10.5. The average Bonchev–Trinajstić information content (AvgIpc) is 2.83. The number of hydroxylamine groups is 1. The van der Waals surface area contributed by atoms with Crippen molar-refractivity contribution >= 4 is 33.9 Å². The van der Waals surface area contributed by atoms with E-state index in [9.17, 15) is 10.0 Å². The molecule has 2 aromatic heterocycles. The normalized spacial score (nSPS) is 18.5. The Morgan fingerprint density at radius 2 is 2.16 bits per heavy atom. The first-order valence-electron chi connectivity index (χ1n) is 10.5. The van der Waals surface area contributed by atoms with Crippen molar-refractivity contribution in [3.63, 3.8) is 0 Å². The van der Waals surface area contributed by atoms with Crippen molar-refractivity contribution in [3.05, 3.63) is 60.6 Å². The van der Waals surface area contributed by atoms with Gasteiger partial charge in [-0.15, -0.1) is 0 Å². The van der Waals surface area contributed by atoms with Crippen LogP contribution in [0.25, 0.3) is 10.9 Å². The van der Waals surface area contributed by atoms with Gasteiger partial charge in [-0.05, 0) is 56.0 Å². The summed E-state index contributed by atoms with van der Waals surface area (Å²) in [6.07, 6.45) is 7.18. The zero-order valence-electron chi connectivity index (χ0n) is 17.0. The lowest BCUT2D eigenvalue weighted by atomic mass is 10.0. The molecule has 3 N–H and O–H groups in total. The molecule has 8 nitrogen and oxygen atoms in total. The van der Waals surface area contributed by atoms with E-state index in [1.807, 2.05) is 30.5 Å². The van der Waals surface area contributed by atoms with E-state index < -0.39 is 5.91 Å². The van der Waals surface area contributed by atoms with Gasteiger partial charge < -0.3 is 15.0 Å². The van der Waals surface area contributed by atoms with E-state index in [0.717, 1.165) is 60.2 Å². The standard InChI is InChI=1S/C23H24N5O3/c29-23(27-30)18-13-25-20-12-16(28-10-2-5-19-21(28)6-1-9-24-19)7-8-17(20)22(18)26-15-4-3-11-31-14-15/h1,6-9,12-15,30H,2-5,10-11H2,(H,25,26)(H,27,29). The number of carbonyl (C=O) groups is 1. The second kappa shape index (κ2) is 8.49. The maximum absolute atomic E-state index is 12.3. The van der Waals surface area contributed by atoms with Crippen LogP contribution in [-0.2, 0) is 11.2 Å². The van der Waals surface area contributed by atoms with Crippen LogP contribution in [0.4, 0.5) is 17.1 Å². The van der Waals surface area contributed by atoms with Crippen LogP contribution in [-0.4, -0.2) is 40.3 Å². The molecule has 2 aliphatic heterocycles. The summed E-state index contributed by atoms with van der Waals surface area (Å²) >= 11 is 0. The van der Waals surface area contributed by atoms with Crippen molar-refractivity contribution in [2.24, 2.45) is 0 Å². The molecule has 1 radical (unpaired) electrons. The second-order valence-corrected chi connectivity index (χ2v) is 7.81. The number of benzene rings is 1. The average molecular weight is 418 g/mol. The minimum atomic E-state index is -0.603. The zero-order valence-corrected chi connectivity index (χ0v) is 17.0. The minimum Gasteiger partial charge on any atom is -0.378 e. The molecule has 3 aromatic rings. The summed E-state index contributed by atoms with van der Waals surface area (Å²) in [7, 11) is 0. The van der Waals surface area contributed by atoms with Gasteiger partial charge in [0, 0.05) is 36.6 Å². The smallest absolute Gasteiger partial charge is 0.278 e. The summed E-state index contributed by atoms with van der Waals surface area (Å²) in [4.78, 5) is 23.6. The van der Waals surface area contributed by atoms with Crippen LogP contribution in [0.3, 0.4) is 0 Å². The van der Waals surface area contributed by atoms with Crippen molar-refractivity contribution in [2.75, 3.05) is 23.4 Å². The first kappa shape index (κ1) is 19.7. The Labute approximate surface area is 180 Å². The topological polar surface area (TPSA) is 99.6 Å². The lowest BCUT2D eigenvalue weighted by molar-refractivity contribution is 0.0707. The van der Waals surface area contributed by atoms with Crippen LogP contribution < -0.4 is 15.7 Å². The van der Waals surface area contributed by atoms with Gasteiger partial charge in [0.2, 0.25) is 0 Å². The number of rotatable bonds is 4. The molecular formula is C23H24N5O3. The highest BCUT2D eigenvalue weighted by molar-refractivity contribution is 6.07. The molecule has 31 heavy (non-hydrogen) atoms. The van der Waals surface area contributed by atoms with Crippen LogP contribution in [0.15, 0.2) is 42.7 Å². The Morgan fingerprint density at radius 3 is 3.00 bits per heavy atom. The van der Waals surface area contributed by atoms with Crippen molar-refractivity contribution in [2.45, 2.75) is 31.7 Å². The van der Waals surface area contributed by atoms with Gasteiger partial charge in [0.1, 0.15) is 6.61 Å². The maximum atomic E-state index is 12.3. The Hall–Kier alpha value is -3.23. The highest BCUT2D eigenvalue weighted by Gasteiger charge is 2.23. The highest BCUT2D eigenvalue weighted by Crippen LogP contribution is 2.36. The van der Waals surface area contributed by atoms with Gasteiger partial charge in [-0.25, -0.2) is 5.48 Å². The van der Waals surface area contributed by atoms with Crippen molar-refractivity contribution in [3.8, 4) is 0 Å². The van der Waals surface area contributed by atoms with Gasteiger partial charge in [-0.2, -0.15) is 0 Å². The number of nitrogens with zero attached hydrogens (tertiary/aromatic N) is 3. The third-order valence-electron chi connectivity index (χ3n) is 5.83. The Morgan fingerprint density at radius 1 is 1.23 bits per heavy atom. The molecule has 1 amide bonds. The van der Waals surface area contributed by atoms with Crippen LogP contribution in [0.5, 0.6) is 0 Å². The number of hydrogen-bond acceptors (Lipinski definition) is 7. The molecule has 1 fully saturated rings. The Bertz CT molecular complexity index is 1110. The number of nitrogens with one attached hydrogen (secondary N) is 2. The van der Waals surface area contributed by atoms with Crippen LogP contribution in [0, 0.1) is 6.61 Å². The highest BCUT2D eigenvalue weighted by atomic mass is 16.5. The second-order valence-electron chi connectivity index (χ2n) is 7.81. The lowest BCUT2D eigenvalue weighted by Crippen LogP contribution is -2.28. The fourth-order valence-electron chi connectivity index (χ4n) is 4.33. The molecule has 0 saturated carbocycles. The molecule has 1 unspecified atom stereocenters. The zero-order chi connectivity index (χ0) is 21.2. The van der Waals surface area contributed by atoms with Crippen molar-refractivity contribution in [1.29, 1.82) is 0 Å². The first-order chi connectivity index (χ1) is 15.2. The molecule has 159 valence electrons. The summed E-state index contributed by atoms with van der Waals surface area (Å²) in [5.41, 5.74) is 6.67. The molecular weight excluding hydrogens is 394 g/mol. The molecule has 2 aliphatic rings. The number of hydrogen-bond donors (Lipinski definition) is 3. The van der Waals surface area contributed by atoms with Crippen LogP contribution in [0.2, 0.25) is 0 Å². The number of aromatic nitrogens is 2. The molecule has 5 rings (SSSR count). The minimum absolute atomic E-state index is 0.0238. The largest absolute Gasteiger partial charge is 0.378 e. The molecule has 0 bridgehead atoms. The summed E-state index contributed by atoms with van der Waals surface area (Å²) < 4.78 is 5.46. The number of carbonyl (C=O) groups excluding carboxylic acids is 1. The van der Waals surface area contributed by atoms with Crippen LogP contribution >= 0.6 is 0 Å². The molecule has 0 aliphatic carbocycles. The van der Waals surface area contributed by atoms with Crippen molar-refractivity contribution in [1.82, 2.24) is 15.4 Å². The summed E-state index contributed by atoms with van der Waals surface area (Å²) in [6, 6.07) is 10.1. The van der Waals surface area contributed by atoms with E-state index in [2.05, 4.69) is 26.3 Å². The van der Waals surface area contributed by atoms with E-state index in [0.29, 0.717) is 12.3 Å². The van der Waals surface area contributed by atoms with Gasteiger partial charge in [0.25, 0.3) is 5.91 Å². The maximum Gasteiger partial charge on any atom is 0.278 e. The fraction of sp³-hybridized carbons (Fsp3) is 0.304.